The maximum atomic E-state index is 11.6. The van der Waals surface area contributed by atoms with Gasteiger partial charge < -0.3 is 9.64 Å². The fourth-order valence-corrected chi connectivity index (χ4v) is 2.41. The largest absolute Gasteiger partial charge is 0.465 e. The van der Waals surface area contributed by atoms with Crippen LogP contribution in [0.4, 0.5) is 11.5 Å². The molecule has 1 aromatic heterocycles. The Morgan fingerprint density at radius 1 is 1.05 bits per heavy atom. The Hall–Kier alpha value is -2.43. The van der Waals surface area contributed by atoms with Crippen molar-refractivity contribution in [3.8, 4) is 0 Å². The van der Waals surface area contributed by atoms with E-state index in [0.29, 0.717) is 5.56 Å². The number of aromatic nitrogens is 2. The van der Waals surface area contributed by atoms with Crippen molar-refractivity contribution in [3.05, 3.63) is 46.4 Å². The summed E-state index contributed by atoms with van der Waals surface area (Å²) in [6, 6.07) is 5.48. The normalized spacial score (nSPS) is 10.5. The minimum Gasteiger partial charge on any atom is -0.465 e. The van der Waals surface area contributed by atoms with Crippen LogP contribution >= 0.6 is 0 Å². The molecule has 0 saturated carbocycles. The van der Waals surface area contributed by atoms with Gasteiger partial charge in [0.05, 0.1) is 29.8 Å². The van der Waals surface area contributed by atoms with E-state index >= 15 is 0 Å². The van der Waals surface area contributed by atoms with Gasteiger partial charge in [0.25, 0.3) is 0 Å². The predicted octanol–water partition coefficient (Wildman–Crippen LogP) is 3.26. The molecule has 1 aromatic carbocycles. The topological polar surface area (TPSA) is 55.3 Å². The first-order valence-corrected chi connectivity index (χ1v) is 7.09. The molecule has 0 N–H and O–H groups in total. The third kappa shape index (κ3) is 2.93. The molecule has 0 saturated heterocycles. The molecule has 0 bridgehead atoms. The third-order valence-electron chi connectivity index (χ3n) is 3.75. The second-order valence-corrected chi connectivity index (χ2v) is 5.36. The van der Waals surface area contributed by atoms with Gasteiger partial charge in [-0.15, -0.1) is 0 Å². The lowest BCUT2D eigenvalue weighted by Crippen LogP contribution is -2.16. The molecule has 1 heterocycles. The smallest absolute Gasteiger partial charge is 0.337 e. The summed E-state index contributed by atoms with van der Waals surface area (Å²) in [6.45, 7) is 7.81. The van der Waals surface area contributed by atoms with Crippen molar-refractivity contribution in [2.45, 2.75) is 27.7 Å². The van der Waals surface area contributed by atoms with Crippen molar-refractivity contribution < 1.29 is 9.53 Å². The molecule has 0 aliphatic rings. The summed E-state index contributed by atoms with van der Waals surface area (Å²) in [6.07, 6.45) is 0. The van der Waals surface area contributed by atoms with Gasteiger partial charge in [-0.1, -0.05) is 0 Å². The minimum atomic E-state index is -0.334. The van der Waals surface area contributed by atoms with E-state index in [-0.39, 0.29) is 5.97 Å². The van der Waals surface area contributed by atoms with Gasteiger partial charge in [-0.3, -0.25) is 4.98 Å². The molecule has 0 fully saturated rings. The zero-order chi connectivity index (χ0) is 16.4. The quantitative estimate of drug-likeness (QED) is 0.814. The maximum Gasteiger partial charge on any atom is 0.337 e. The van der Waals surface area contributed by atoms with E-state index < -0.39 is 0 Å². The molecule has 2 aromatic rings. The Morgan fingerprint density at radius 2 is 1.68 bits per heavy atom. The monoisotopic (exact) mass is 299 g/mol. The molecule has 0 aliphatic carbocycles. The van der Waals surface area contributed by atoms with Gasteiger partial charge >= 0.3 is 5.97 Å². The summed E-state index contributed by atoms with van der Waals surface area (Å²) in [5, 5.41) is 0. The molecule has 5 nitrogen and oxygen atoms in total. The van der Waals surface area contributed by atoms with E-state index in [0.717, 1.165) is 34.2 Å². The fourth-order valence-electron chi connectivity index (χ4n) is 2.41. The van der Waals surface area contributed by atoms with Crippen molar-refractivity contribution in [1.82, 2.24) is 9.97 Å². The average molecular weight is 299 g/mol. The SMILES string of the molecule is COC(=O)c1ccc(N(C)c2nc(C)c(C)nc2C)c(C)c1. The number of benzene rings is 1. The maximum absolute atomic E-state index is 11.6. The first kappa shape index (κ1) is 15.9. The summed E-state index contributed by atoms with van der Waals surface area (Å²) in [4.78, 5) is 22.8. The Labute approximate surface area is 131 Å². The lowest BCUT2D eigenvalue weighted by Gasteiger charge is -2.23. The average Bonchev–Trinajstić information content (AvgIpc) is 2.49. The number of nitrogens with zero attached hydrogens (tertiary/aromatic N) is 3. The summed E-state index contributed by atoms with van der Waals surface area (Å²) in [5.74, 6) is 0.483. The summed E-state index contributed by atoms with van der Waals surface area (Å²) < 4.78 is 4.75. The molecule has 0 spiro atoms. The number of methoxy groups -OCH3 is 1. The highest BCUT2D eigenvalue weighted by atomic mass is 16.5. The molecular weight excluding hydrogens is 278 g/mol. The Kier molecular flexibility index (Phi) is 4.45. The summed E-state index contributed by atoms with van der Waals surface area (Å²) in [7, 11) is 3.33. The van der Waals surface area contributed by atoms with Crippen LogP contribution in [0, 0.1) is 27.7 Å². The molecule has 0 atom stereocenters. The van der Waals surface area contributed by atoms with Crippen molar-refractivity contribution in [2.24, 2.45) is 0 Å². The van der Waals surface area contributed by atoms with E-state index in [1.807, 2.05) is 51.8 Å². The number of ether oxygens (including phenoxy) is 1. The number of rotatable bonds is 3. The highest BCUT2D eigenvalue weighted by molar-refractivity contribution is 5.90. The van der Waals surface area contributed by atoms with Crippen molar-refractivity contribution in [1.29, 1.82) is 0 Å². The van der Waals surface area contributed by atoms with Crippen LogP contribution in [0.15, 0.2) is 18.2 Å². The number of carbonyl (C=O) groups excluding carboxylic acids is 1. The van der Waals surface area contributed by atoms with Gasteiger partial charge in [0, 0.05) is 12.7 Å². The Bertz CT molecular complexity index is 726. The number of hydrogen-bond donors (Lipinski definition) is 0. The minimum absolute atomic E-state index is 0.334. The van der Waals surface area contributed by atoms with Crippen LogP contribution in [-0.2, 0) is 4.74 Å². The van der Waals surface area contributed by atoms with Gasteiger partial charge in [0.2, 0.25) is 0 Å². The number of carbonyl (C=O) groups is 1. The van der Waals surface area contributed by atoms with Crippen LogP contribution < -0.4 is 4.90 Å². The molecule has 116 valence electrons. The first-order valence-electron chi connectivity index (χ1n) is 7.09. The van der Waals surface area contributed by atoms with Crippen LogP contribution in [-0.4, -0.2) is 30.1 Å². The van der Waals surface area contributed by atoms with Crippen LogP contribution in [0.25, 0.3) is 0 Å². The molecule has 2 rings (SSSR count). The van der Waals surface area contributed by atoms with Gasteiger partial charge in [-0.05, 0) is 51.5 Å². The lowest BCUT2D eigenvalue weighted by atomic mass is 10.1. The molecule has 5 heteroatoms. The number of hydrogen-bond acceptors (Lipinski definition) is 5. The Balaban J connectivity index is 2.44. The third-order valence-corrected chi connectivity index (χ3v) is 3.75. The predicted molar refractivity (Wildman–Crippen MR) is 86.8 cm³/mol. The number of aryl methyl sites for hydroxylation is 4. The van der Waals surface area contributed by atoms with Gasteiger partial charge in [-0.25, -0.2) is 9.78 Å². The van der Waals surface area contributed by atoms with E-state index in [1.54, 1.807) is 6.07 Å². The second-order valence-electron chi connectivity index (χ2n) is 5.36. The van der Waals surface area contributed by atoms with Gasteiger partial charge in [0.1, 0.15) is 0 Å². The van der Waals surface area contributed by atoms with E-state index in [2.05, 4.69) is 9.97 Å². The molecule has 22 heavy (non-hydrogen) atoms. The van der Waals surface area contributed by atoms with Crippen LogP contribution in [0.3, 0.4) is 0 Å². The molecule has 0 aliphatic heterocycles. The highest BCUT2D eigenvalue weighted by Crippen LogP contribution is 2.28. The standard InChI is InChI=1S/C17H21N3O2/c1-10-9-14(17(21)22-6)7-8-15(10)20(5)16-13(4)18-11(2)12(3)19-16/h7-9H,1-6H3. The van der Waals surface area contributed by atoms with Crippen LogP contribution in [0.1, 0.15) is 33.0 Å². The van der Waals surface area contributed by atoms with Crippen molar-refractivity contribution in [3.63, 3.8) is 0 Å². The first-order chi connectivity index (χ1) is 10.3. The lowest BCUT2D eigenvalue weighted by molar-refractivity contribution is 0.0600. The summed E-state index contributed by atoms with van der Waals surface area (Å²) in [5.41, 5.74) is 5.23. The second kappa shape index (κ2) is 6.13. The summed E-state index contributed by atoms with van der Waals surface area (Å²) >= 11 is 0. The van der Waals surface area contributed by atoms with Crippen molar-refractivity contribution >= 4 is 17.5 Å². The molecule has 0 radical (unpaired) electrons. The van der Waals surface area contributed by atoms with Crippen LogP contribution in [0.5, 0.6) is 0 Å². The number of anilines is 2. The van der Waals surface area contributed by atoms with Crippen LogP contribution in [0.2, 0.25) is 0 Å². The zero-order valence-electron chi connectivity index (χ0n) is 13.9. The molecule has 0 amide bonds. The van der Waals surface area contributed by atoms with E-state index in [1.165, 1.54) is 7.11 Å². The molecular formula is C17H21N3O2. The van der Waals surface area contributed by atoms with E-state index in [9.17, 15) is 4.79 Å². The Morgan fingerprint density at radius 3 is 2.27 bits per heavy atom. The zero-order valence-corrected chi connectivity index (χ0v) is 13.9. The number of esters is 1. The van der Waals surface area contributed by atoms with E-state index in [4.69, 9.17) is 4.74 Å². The van der Waals surface area contributed by atoms with Gasteiger partial charge in [-0.2, -0.15) is 0 Å². The fraction of sp³-hybridized carbons (Fsp3) is 0.353. The highest BCUT2D eigenvalue weighted by Gasteiger charge is 2.15. The van der Waals surface area contributed by atoms with Gasteiger partial charge in [0.15, 0.2) is 5.82 Å². The van der Waals surface area contributed by atoms with Crippen molar-refractivity contribution in [2.75, 3.05) is 19.1 Å². The molecule has 0 unspecified atom stereocenters.